The highest BCUT2D eigenvalue weighted by atomic mass is 16.5. The number of nitrogens with one attached hydrogen (secondary N) is 1. The van der Waals surface area contributed by atoms with Crippen LogP contribution in [0.1, 0.15) is 16.3 Å². The fourth-order valence-corrected chi connectivity index (χ4v) is 3.20. The molecule has 1 fully saturated rings. The van der Waals surface area contributed by atoms with E-state index in [2.05, 4.69) is 10.3 Å². The minimum Gasteiger partial charge on any atom is -0.454 e. The summed E-state index contributed by atoms with van der Waals surface area (Å²) in [4.78, 5) is 30.4. The molecule has 1 aliphatic heterocycles. The van der Waals surface area contributed by atoms with E-state index in [1.807, 2.05) is 10.8 Å². The molecule has 1 N–H and O–H groups in total. The Morgan fingerprint density at radius 2 is 2.24 bits per heavy atom. The Hall–Kier alpha value is -2.61. The predicted molar refractivity (Wildman–Crippen MR) is 88.9 cm³/mol. The van der Waals surface area contributed by atoms with Gasteiger partial charge in [0, 0.05) is 45.6 Å². The summed E-state index contributed by atoms with van der Waals surface area (Å²) in [6.07, 6.45) is 5.20. The van der Waals surface area contributed by atoms with Crippen LogP contribution in [0.15, 0.2) is 35.3 Å². The Morgan fingerprint density at radius 1 is 1.40 bits per heavy atom. The SMILES string of the molecule is CNC(=O)[C@@H]1CN(C(=O)c2ccc(Cn3ccnc3)o2)C[C@H]1COC. The number of rotatable bonds is 6. The summed E-state index contributed by atoms with van der Waals surface area (Å²) < 4.78 is 12.7. The third-order valence-corrected chi connectivity index (χ3v) is 4.46. The second-order valence-electron chi connectivity index (χ2n) is 6.15. The van der Waals surface area contributed by atoms with Crippen molar-refractivity contribution in [3.8, 4) is 0 Å². The largest absolute Gasteiger partial charge is 0.454 e. The highest BCUT2D eigenvalue weighted by Gasteiger charge is 2.40. The number of nitrogens with zero attached hydrogens (tertiary/aromatic N) is 3. The smallest absolute Gasteiger partial charge is 0.289 e. The first-order valence-electron chi connectivity index (χ1n) is 8.16. The van der Waals surface area contributed by atoms with Crippen LogP contribution >= 0.6 is 0 Å². The predicted octanol–water partition coefficient (Wildman–Crippen LogP) is 0.605. The fourth-order valence-electron chi connectivity index (χ4n) is 3.20. The maximum Gasteiger partial charge on any atom is 0.289 e. The Labute approximate surface area is 145 Å². The average molecular weight is 346 g/mol. The number of aromatic nitrogens is 2. The third-order valence-electron chi connectivity index (χ3n) is 4.46. The Morgan fingerprint density at radius 3 is 2.92 bits per heavy atom. The fraction of sp³-hybridized carbons (Fsp3) is 0.471. The van der Waals surface area contributed by atoms with Crippen molar-refractivity contribution < 1.29 is 18.7 Å². The van der Waals surface area contributed by atoms with Crippen LogP contribution in [0.3, 0.4) is 0 Å². The van der Waals surface area contributed by atoms with E-state index in [1.165, 1.54) is 0 Å². The summed E-state index contributed by atoms with van der Waals surface area (Å²) in [5.41, 5.74) is 0. The Bertz CT molecular complexity index is 725. The number of likely N-dealkylation sites (tertiary alicyclic amines) is 1. The molecule has 8 heteroatoms. The van der Waals surface area contributed by atoms with E-state index in [1.54, 1.807) is 43.7 Å². The molecule has 1 saturated heterocycles. The first-order chi connectivity index (χ1) is 12.1. The van der Waals surface area contributed by atoms with Gasteiger partial charge in [0.25, 0.3) is 5.91 Å². The minimum absolute atomic E-state index is 0.0192. The van der Waals surface area contributed by atoms with Gasteiger partial charge >= 0.3 is 0 Å². The molecule has 3 rings (SSSR count). The van der Waals surface area contributed by atoms with Gasteiger partial charge in [0.05, 0.1) is 25.4 Å². The standard InChI is InChI=1S/C17H22N4O4/c1-18-16(22)14-9-21(7-12(14)10-24-2)17(23)15-4-3-13(25-15)8-20-6-5-19-11-20/h3-6,11-12,14H,7-10H2,1-2H3,(H,18,22)/t12-,14+/m0/s1. The van der Waals surface area contributed by atoms with Crippen molar-refractivity contribution in [3.05, 3.63) is 42.4 Å². The first-order valence-corrected chi connectivity index (χ1v) is 8.16. The van der Waals surface area contributed by atoms with E-state index in [0.717, 1.165) is 0 Å². The lowest BCUT2D eigenvalue weighted by Gasteiger charge is -2.14. The van der Waals surface area contributed by atoms with Crippen LogP contribution in [0.4, 0.5) is 0 Å². The molecule has 134 valence electrons. The summed E-state index contributed by atoms with van der Waals surface area (Å²) in [6.45, 7) is 1.79. The van der Waals surface area contributed by atoms with E-state index < -0.39 is 0 Å². The zero-order valence-electron chi connectivity index (χ0n) is 14.3. The van der Waals surface area contributed by atoms with Crippen molar-refractivity contribution >= 4 is 11.8 Å². The van der Waals surface area contributed by atoms with Crippen LogP contribution in [-0.4, -0.2) is 60.1 Å². The van der Waals surface area contributed by atoms with E-state index in [4.69, 9.17) is 9.15 Å². The molecule has 0 radical (unpaired) electrons. The number of ether oxygens (including phenoxy) is 1. The van der Waals surface area contributed by atoms with Crippen LogP contribution in [0, 0.1) is 11.8 Å². The van der Waals surface area contributed by atoms with Gasteiger partial charge < -0.3 is 23.9 Å². The summed E-state index contributed by atoms with van der Waals surface area (Å²) in [5.74, 6) is 0.395. The van der Waals surface area contributed by atoms with Gasteiger partial charge in [-0.15, -0.1) is 0 Å². The van der Waals surface area contributed by atoms with Crippen molar-refractivity contribution in [3.63, 3.8) is 0 Å². The van der Waals surface area contributed by atoms with E-state index in [-0.39, 0.29) is 29.4 Å². The molecule has 8 nitrogen and oxygen atoms in total. The highest BCUT2D eigenvalue weighted by Crippen LogP contribution is 2.26. The van der Waals surface area contributed by atoms with Crippen molar-refractivity contribution in [2.24, 2.45) is 11.8 Å². The maximum absolute atomic E-state index is 12.7. The molecule has 2 aromatic rings. The highest BCUT2D eigenvalue weighted by molar-refractivity contribution is 5.92. The molecule has 1 aliphatic rings. The molecule has 0 saturated carbocycles. The molecular weight excluding hydrogens is 324 g/mol. The topological polar surface area (TPSA) is 89.6 Å². The molecule has 0 aromatic carbocycles. The molecule has 2 amide bonds. The molecule has 2 aromatic heterocycles. The van der Waals surface area contributed by atoms with Crippen LogP contribution in [-0.2, 0) is 16.1 Å². The summed E-state index contributed by atoms with van der Waals surface area (Å²) in [6, 6.07) is 3.46. The van der Waals surface area contributed by atoms with Gasteiger partial charge in [-0.05, 0) is 12.1 Å². The Kier molecular flexibility index (Phi) is 5.18. The van der Waals surface area contributed by atoms with E-state index in [9.17, 15) is 9.59 Å². The average Bonchev–Trinajstić information content (AvgIpc) is 3.35. The molecule has 0 unspecified atom stereocenters. The molecule has 3 heterocycles. The molecule has 0 bridgehead atoms. The molecule has 0 aliphatic carbocycles. The number of hydrogen-bond donors (Lipinski definition) is 1. The van der Waals surface area contributed by atoms with Crippen molar-refractivity contribution in [1.82, 2.24) is 19.8 Å². The Balaban J connectivity index is 1.68. The second-order valence-corrected chi connectivity index (χ2v) is 6.15. The number of amides is 2. The number of methoxy groups -OCH3 is 1. The van der Waals surface area contributed by atoms with Crippen LogP contribution in [0.5, 0.6) is 0 Å². The lowest BCUT2D eigenvalue weighted by Crippen LogP contribution is -2.34. The van der Waals surface area contributed by atoms with Crippen molar-refractivity contribution in [2.45, 2.75) is 6.54 Å². The van der Waals surface area contributed by atoms with Gasteiger partial charge in [-0.2, -0.15) is 0 Å². The van der Waals surface area contributed by atoms with E-state index in [0.29, 0.717) is 32.0 Å². The maximum atomic E-state index is 12.7. The zero-order chi connectivity index (χ0) is 17.8. The van der Waals surface area contributed by atoms with Crippen LogP contribution < -0.4 is 5.32 Å². The number of imidazole rings is 1. The normalized spacial score (nSPS) is 20.0. The summed E-state index contributed by atoms with van der Waals surface area (Å²) in [7, 11) is 3.20. The monoisotopic (exact) mass is 346 g/mol. The quantitative estimate of drug-likeness (QED) is 0.827. The minimum atomic E-state index is -0.269. The van der Waals surface area contributed by atoms with Crippen molar-refractivity contribution in [1.29, 1.82) is 0 Å². The van der Waals surface area contributed by atoms with Gasteiger partial charge in [-0.25, -0.2) is 4.98 Å². The van der Waals surface area contributed by atoms with Crippen LogP contribution in [0.2, 0.25) is 0 Å². The van der Waals surface area contributed by atoms with Gasteiger partial charge in [0.2, 0.25) is 5.91 Å². The number of carbonyl (C=O) groups excluding carboxylic acids is 2. The zero-order valence-corrected chi connectivity index (χ0v) is 14.3. The number of furan rings is 1. The number of hydrogen-bond acceptors (Lipinski definition) is 5. The molecule has 0 spiro atoms. The third kappa shape index (κ3) is 3.74. The van der Waals surface area contributed by atoms with Crippen molar-refractivity contribution in [2.75, 3.05) is 33.9 Å². The van der Waals surface area contributed by atoms with E-state index >= 15 is 0 Å². The summed E-state index contributed by atoms with van der Waals surface area (Å²) >= 11 is 0. The number of carbonyl (C=O) groups is 2. The first kappa shape index (κ1) is 17.2. The molecule has 25 heavy (non-hydrogen) atoms. The second kappa shape index (κ2) is 7.52. The molecular formula is C17H22N4O4. The van der Waals surface area contributed by atoms with Gasteiger partial charge in [-0.1, -0.05) is 0 Å². The van der Waals surface area contributed by atoms with Gasteiger partial charge in [0.15, 0.2) is 5.76 Å². The summed E-state index contributed by atoms with van der Waals surface area (Å²) in [5, 5.41) is 2.66. The van der Waals surface area contributed by atoms with Gasteiger partial charge in [0.1, 0.15) is 5.76 Å². The lowest BCUT2D eigenvalue weighted by molar-refractivity contribution is -0.125. The molecule has 2 atom stereocenters. The van der Waals surface area contributed by atoms with Gasteiger partial charge in [-0.3, -0.25) is 9.59 Å². The van der Waals surface area contributed by atoms with Crippen LogP contribution in [0.25, 0.3) is 0 Å². The lowest BCUT2D eigenvalue weighted by atomic mass is 9.96.